The quantitative estimate of drug-likeness (QED) is 0.825. The van der Waals surface area contributed by atoms with E-state index in [1.807, 2.05) is 52.8 Å². The third-order valence-electron chi connectivity index (χ3n) is 3.65. The van der Waals surface area contributed by atoms with Crippen molar-refractivity contribution in [1.29, 1.82) is 0 Å². The van der Waals surface area contributed by atoms with Crippen LogP contribution in [0.1, 0.15) is 44.7 Å². The van der Waals surface area contributed by atoms with Gasteiger partial charge in [-0.25, -0.2) is 4.90 Å². The fourth-order valence-corrected chi connectivity index (χ4v) is 2.32. The third kappa shape index (κ3) is 2.77. The average Bonchev–Trinajstić information content (AvgIpc) is 3.15. The van der Waals surface area contributed by atoms with Gasteiger partial charge >= 0.3 is 0 Å². The number of para-hydroxylation sites is 1. The van der Waals surface area contributed by atoms with Crippen molar-refractivity contribution in [1.82, 2.24) is 0 Å². The number of hydrogen-bond acceptors (Lipinski definition) is 2. The number of rotatable bonds is 2. The number of imide groups is 1. The molecule has 1 aliphatic carbocycles. The van der Waals surface area contributed by atoms with Gasteiger partial charge in [0, 0.05) is 11.3 Å². The second kappa shape index (κ2) is 5.04. The number of amides is 2. The Morgan fingerprint density at radius 2 is 1.60 bits per heavy atom. The van der Waals surface area contributed by atoms with Gasteiger partial charge in [0.15, 0.2) is 0 Å². The number of hydrogen-bond donors (Lipinski definition) is 0. The van der Waals surface area contributed by atoms with Crippen molar-refractivity contribution in [2.75, 3.05) is 4.90 Å². The molecule has 1 fully saturated rings. The molecule has 3 nitrogen and oxygen atoms in total. The minimum absolute atomic E-state index is 0.0281. The van der Waals surface area contributed by atoms with E-state index >= 15 is 0 Å². The van der Waals surface area contributed by atoms with Crippen LogP contribution in [0.3, 0.4) is 0 Å². The summed E-state index contributed by atoms with van der Waals surface area (Å²) in [6, 6.07) is 5.85. The summed E-state index contributed by atoms with van der Waals surface area (Å²) in [5.41, 5.74) is 2.14. The molecule has 0 radical (unpaired) electrons. The molecule has 0 N–H and O–H groups in total. The van der Waals surface area contributed by atoms with E-state index in [9.17, 15) is 9.59 Å². The molecule has 3 heteroatoms. The van der Waals surface area contributed by atoms with Crippen molar-refractivity contribution >= 4 is 17.5 Å². The van der Waals surface area contributed by atoms with Gasteiger partial charge in [0.25, 0.3) is 0 Å². The molecule has 1 saturated carbocycles. The van der Waals surface area contributed by atoms with Crippen molar-refractivity contribution in [3.05, 3.63) is 29.3 Å². The second-order valence-corrected chi connectivity index (χ2v) is 6.74. The molecule has 0 aliphatic heterocycles. The van der Waals surface area contributed by atoms with Gasteiger partial charge in [0.2, 0.25) is 11.8 Å². The number of carbonyl (C=O) groups excluding carboxylic acids is 2. The Labute approximate surface area is 121 Å². The lowest BCUT2D eigenvalue weighted by Gasteiger charge is -2.30. The van der Waals surface area contributed by atoms with E-state index in [0.29, 0.717) is 0 Å². The van der Waals surface area contributed by atoms with Crippen LogP contribution in [0.5, 0.6) is 0 Å². The standard InChI is InChI=1S/C17H23NO2/c1-11-7-6-8-12(2)14(11)18(15(19)13-9-10-13)16(20)17(3,4)5/h6-8,13H,9-10H2,1-5H3. The summed E-state index contributed by atoms with van der Waals surface area (Å²) in [6.45, 7) is 9.47. The molecule has 0 spiro atoms. The summed E-state index contributed by atoms with van der Waals surface area (Å²) in [5.74, 6) is -0.130. The monoisotopic (exact) mass is 273 g/mol. The van der Waals surface area contributed by atoms with Crippen molar-refractivity contribution in [2.24, 2.45) is 11.3 Å². The zero-order valence-corrected chi connectivity index (χ0v) is 13.0. The Kier molecular flexibility index (Phi) is 3.72. The van der Waals surface area contributed by atoms with Gasteiger partial charge < -0.3 is 0 Å². The van der Waals surface area contributed by atoms with Gasteiger partial charge in [-0.2, -0.15) is 0 Å². The SMILES string of the molecule is Cc1cccc(C)c1N(C(=O)C1CC1)C(=O)C(C)(C)C. The van der Waals surface area contributed by atoms with Crippen molar-refractivity contribution in [2.45, 2.75) is 47.5 Å². The number of carbonyl (C=O) groups is 2. The molecule has 0 saturated heterocycles. The molecule has 108 valence electrons. The molecule has 1 aliphatic rings. The second-order valence-electron chi connectivity index (χ2n) is 6.74. The van der Waals surface area contributed by atoms with Crippen molar-refractivity contribution in [3.63, 3.8) is 0 Å². The first-order valence-electron chi connectivity index (χ1n) is 7.18. The Morgan fingerprint density at radius 3 is 2.00 bits per heavy atom. The van der Waals surface area contributed by atoms with E-state index in [2.05, 4.69) is 0 Å². The molecule has 20 heavy (non-hydrogen) atoms. The summed E-state index contributed by atoms with van der Waals surface area (Å²) < 4.78 is 0. The molecular formula is C17H23NO2. The van der Waals surface area contributed by atoms with Gasteiger partial charge in [0.05, 0.1) is 5.69 Å². The molecule has 2 rings (SSSR count). The van der Waals surface area contributed by atoms with Crippen LogP contribution in [0.4, 0.5) is 5.69 Å². The maximum atomic E-state index is 12.7. The van der Waals surface area contributed by atoms with Crippen LogP contribution in [0.15, 0.2) is 18.2 Å². The molecule has 1 aromatic rings. The van der Waals surface area contributed by atoms with Crippen molar-refractivity contribution < 1.29 is 9.59 Å². The number of benzene rings is 1. The largest absolute Gasteiger partial charge is 0.274 e. The molecule has 1 aromatic carbocycles. The number of nitrogens with zero attached hydrogens (tertiary/aromatic N) is 1. The highest BCUT2D eigenvalue weighted by atomic mass is 16.2. The van der Waals surface area contributed by atoms with Gasteiger partial charge in [-0.3, -0.25) is 9.59 Å². The molecule has 0 unspecified atom stereocenters. The highest BCUT2D eigenvalue weighted by Gasteiger charge is 2.41. The first-order valence-corrected chi connectivity index (χ1v) is 7.18. The van der Waals surface area contributed by atoms with E-state index in [1.165, 1.54) is 4.90 Å². The minimum atomic E-state index is -0.570. The Balaban J connectivity index is 2.51. The van der Waals surface area contributed by atoms with Gasteiger partial charge in [-0.15, -0.1) is 0 Å². The predicted octanol–water partition coefficient (Wildman–Crippen LogP) is 3.62. The summed E-state index contributed by atoms with van der Waals surface area (Å²) >= 11 is 0. The lowest BCUT2D eigenvalue weighted by molar-refractivity contribution is -0.131. The lowest BCUT2D eigenvalue weighted by Crippen LogP contribution is -2.45. The lowest BCUT2D eigenvalue weighted by atomic mass is 9.93. The van der Waals surface area contributed by atoms with E-state index < -0.39 is 5.41 Å². The molecular weight excluding hydrogens is 250 g/mol. The molecule has 0 atom stereocenters. The smallest absolute Gasteiger partial charge is 0.239 e. The minimum Gasteiger partial charge on any atom is -0.274 e. The maximum Gasteiger partial charge on any atom is 0.239 e. The third-order valence-corrected chi connectivity index (χ3v) is 3.65. The zero-order valence-electron chi connectivity index (χ0n) is 13.0. The first kappa shape index (κ1) is 14.8. The highest BCUT2D eigenvalue weighted by Crippen LogP contribution is 2.36. The zero-order chi connectivity index (χ0) is 15.1. The number of anilines is 1. The van der Waals surface area contributed by atoms with Crippen LogP contribution < -0.4 is 4.90 Å². The fraction of sp³-hybridized carbons (Fsp3) is 0.529. The summed E-state index contributed by atoms with van der Waals surface area (Å²) in [7, 11) is 0. The first-order chi connectivity index (χ1) is 9.23. The molecule has 0 aromatic heterocycles. The van der Waals surface area contributed by atoms with Gasteiger partial charge in [-0.05, 0) is 37.8 Å². The van der Waals surface area contributed by atoms with Crippen LogP contribution in [0.2, 0.25) is 0 Å². The maximum absolute atomic E-state index is 12.7. The number of aryl methyl sites for hydroxylation is 2. The van der Waals surface area contributed by atoms with Crippen LogP contribution in [0, 0.1) is 25.2 Å². The molecule has 0 heterocycles. The van der Waals surface area contributed by atoms with E-state index in [4.69, 9.17) is 0 Å². The molecule has 2 amide bonds. The van der Waals surface area contributed by atoms with Gasteiger partial charge in [0.1, 0.15) is 0 Å². The van der Waals surface area contributed by atoms with E-state index in [0.717, 1.165) is 29.7 Å². The topological polar surface area (TPSA) is 37.4 Å². The summed E-state index contributed by atoms with van der Waals surface area (Å²) in [4.78, 5) is 26.8. The van der Waals surface area contributed by atoms with Crippen LogP contribution in [0.25, 0.3) is 0 Å². The van der Waals surface area contributed by atoms with Crippen LogP contribution >= 0.6 is 0 Å². The highest BCUT2D eigenvalue weighted by molar-refractivity contribution is 6.18. The average molecular weight is 273 g/mol. The van der Waals surface area contributed by atoms with E-state index in [1.54, 1.807) is 0 Å². The van der Waals surface area contributed by atoms with Crippen LogP contribution in [-0.2, 0) is 9.59 Å². The molecule has 0 bridgehead atoms. The van der Waals surface area contributed by atoms with E-state index in [-0.39, 0.29) is 17.7 Å². The fourth-order valence-electron chi connectivity index (χ4n) is 2.32. The van der Waals surface area contributed by atoms with Crippen molar-refractivity contribution in [3.8, 4) is 0 Å². The predicted molar refractivity (Wildman–Crippen MR) is 80.6 cm³/mol. The Morgan fingerprint density at radius 1 is 1.10 bits per heavy atom. The summed E-state index contributed by atoms with van der Waals surface area (Å²) in [5, 5.41) is 0. The van der Waals surface area contributed by atoms with Gasteiger partial charge in [-0.1, -0.05) is 39.0 Å². The van der Waals surface area contributed by atoms with Crippen LogP contribution in [-0.4, -0.2) is 11.8 Å². The Bertz CT molecular complexity index is 530. The summed E-state index contributed by atoms with van der Waals surface area (Å²) in [6.07, 6.45) is 1.80. The Hall–Kier alpha value is -1.64. The normalized spacial score (nSPS) is 15.1.